The number of rotatable bonds is 4. The second-order valence-electron chi connectivity index (χ2n) is 1.71. The van der Waals surface area contributed by atoms with Crippen LogP contribution in [0.5, 0.6) is 0 Å². The van der Waals surface area contributed by atoms with Gasteiger partial charge in [-0.3, -0.25) is 5.50 Å². The van der Waals surface area contributed by atoms with Crippen molar-refractivity contribution in [3.8, 4) is 0 Å². The Hall–Kier alpha value is -0.280. The second kappa shape index (κ2) is 5.50. The minimum absolute atomic E-state index is 0.211. The van der Waals surface area contributed by atoms with Crippen LogP contribution < -0.4 is 5.50 Å². The van der Waals surface area contributed by atoms with Crippen LogP contribution >= 0.6 is 8.52 Å². The quantitative estimate of drug-likeness (QED) is 0.399. The van der Waals surface area contributed by atoms with Crippen molar-refractivity contribution < 1.29 is 10.2 Å². The van der Waals surface area contributed by atoms with E-state index in [2.05, 4.69) is 11.3 Å². The first-order chi connectivity index (χ1) is 4.76. The molecule has 0 aromatic carbocycles. The number of aliphatic hydroxyl groups is 2. The molecule has 0 heterocycles. The van der Waals surface area contributed by atoms with Gasteiger partial charge in [-0.05, 0) is 0 Å². The molecule has 0 saturated carbocycles. The molecule has 0 unspecified atom stereocenters. The van der Waals surface area contributed by atoms with Crippen LogP contribution in [0.25, 0.3) is 0 Å². The van der Waals surface area contributed by atoms with Gasteiger partial charge in [-0.1, -0.05) is 6.08 Å². The molecule has 0 aliphatic carbocycles. The Morgan fingerprint density at radius 2 is 2.40 bits per heavy atom. The average molecular weight is 162 g/mol. The summed E-state index contributed by atoms with van der Waals surface area (Å²) in [6, 6.07) is -0.538. The molecule has 0 aliphatic heterocycles. The Kier molecular flexibility index (Phi) is 5.35. The lowest BCUT2D eigenvalue weighted by molar-refractivity contribution is 0.146. The van der Waals surface area contributed by atoms with Crippen molar-refractivity contribution in [2.24, 2.45) is 10.2 Å². The third-order valence-electron chi connectivity index (χ3n) is 1.04. The molecule has 4 N–H and O–H groups in total. The van der Waals surface area contributed by atoms with Crippen LogP contribution in [-0.4, -0.2) is 29.0 Å². The van der Waals surface area contributed by atoms with Gasteiger partial charge in [0.25, 0.3) is 0 Å². The lowest BCUT2D eigenvalue weighted by atomic mass is 10.2. The molecule has 0 radical (unpaired) electrons. The number of hydrogen-bond acceptors (Lipinski definition) is 3. The monoisotopic (exact) mass is 162 g/mol. The fourth-order valence-electron chi connectivity index (χ4n) is 0.456. The zero-order valence-corrected chi connectivity index (χ0v) is 6.41. The van der Waals surface area contributed by atoms with Crippen LogP contribution in [-0.2, 0) is 0 Å². The molecule has 4 nitrogen and oxygen atoms in total. The van der Waals surface area contributed by atoms with E-state index in [4.69, 9.17) is 15.7 Å². The van der Waals surface area contributed by atoms with E-state index in [0.717, 1.165) is 0 Å². The topological polar surface area (TPSA) is 78.8 Å². The molecule has 58 valence electrons. The van der Waals surface area contributed by atoms with Gasteiger partial charge in [-0.15, -0.1) is 6.58 Å². The molecule has 0 amide bonds. The zero-order chi connectivity index (χ0) is 7.98. The Bertz CT molecular complexity index is 129. The SMILES string of the molecule is C=C[C@@H](O)[C@H](CO)N=PN. The maximum Gasteiger partial charge on any atom is 0.108 e. The highest BCUT2D eigenvalue weighted by Gasteiger charge is 2.12. The Morgan fingerprint density at radius 1 is 1.80 bits per heavy atom. The van der Waals surface area contributed by atoms with Gasteiger partial charge in [0, 0.05) is 0 Å². The molecular weight excluding hydrogens is 151 g/mol. The highest BCUT2D eigenvalue weighted by Crippen LogP contribution is 2.03. The van der Waals surface area contributed by atoms with Crippen molar-refractivity contribution in [3.05, 3.63) is 12.7 Å². The number of aliphatic hydroxyl groups excluding tert-OH is 2. The van der Waals surface area contributed by atoms with Crippen LogP contribution in [0.2, 0.25) is 0 Å². The number of hydrogen-bond donors (Lipinski definition) is 3. The van der Waals surface area contributed by atoms with Gasteiger partial charge in [0.1, 0.15) is 6.04 Å². The van der Waals surface area contributed by atoms with E-state index in [9.17, 15) is 0 Å². The van der Waals surface area contributed by atoms with Gasteiger partial charge in [-0.25, -0.2) is 4.74 Å². The maximum absolute atomic E-state index is 9.02. The predicted molar refractivity (Wildman–Crippen MR) is 40.6 cm³/mol. The molecule has 0 fully saturated rings. The van der Waals surface area contributed by atoms with E-state index in [-0.39, 0.29) is 6.61 Å². The van der Waals surface area contributed by atoms with Gasteiger partial charge in [0.05, 0.1) is 21.2 Å². The smallest absolute Gasteiger partial charge is 0.108 e. The van der Waals surface area contributed by atoms with E-state index >= 15 is 0 Å². The van der Waals surface area contributed by atoms with Crippen LogP contribution in [0, 0.1) is 0 Å². The molecule has 0 rings (SSSR count). The van der Waals surface area contributed by atoms with Crippen molar-refractivity contribution in [1.82, 2.24) is 0 Å². The van der Waals surface area contributed by atoms with Gasteiger partial charge in [-0.2, -0.15) is 0 Å². The molecule has 2 atom stereocenters. The summed E-state index contributed by atoms with van der Waals surface area (Å²) in [5.74, 6) is 0. The summed E-state index contributed by atoms with van der Waals surface area (Å²) in [5, 5.41) is 17.6. The van der Waals surface area contributed by atoms with Crippen LogP contribution in [0.4, 0.5) is 0 Å². The molecule has 0 aliphatic rings. The minimum atomic E-state index is -0.805. The first-order valence-electron chi connectivity index (χ1n) is 2.77. The van der Waals surface area contributed by atoms with Crippen molar-refractivity contribution in [1.29, 1.82) is 0 Å². The van der Waals surface area contributed by atoms with Crippen molar-refractivity contribution >= 4 is 8.52 Å². The third-order valence-corrected chi connectivity index (χ3v) is 1.47. The normalized spacial score (nSPS) is 17.1. The fraction of sp³-hybridized carbons (Fsp3) is 0.600. The fourth-order valence-corrected chi connectivity index (χ4v) is 0.836. The maximum atomic E-state index is 9.02. The highest BCUT2D eigenvalue weighted by molar-refractivity contribution is 7.23. The van der Waals surface area contributed by atoms with Gasteiger partial charge in [0.2, 0.25) is 0 Å². The van der Waals surface area contributed by atoms with Crippen molar-refractivity contribution in [3.63, 3.8) is 0 Å². The van der Waals surface area contributed by atoms with Crippen molar-refractivity contribution in [2.45, 2.75) is 12.1 Å². The largest absolute Gasteiger partial charge is 0.394 e. The zero-order valence-electron chi connectivity index (χ0n) is 5.51. The van der Waals surface area contributed by atoms with Gasteiger partial charge < -0.3 is 10.2 Å². The molecule has 0 bridgehead atoms. The summed E-state index contributed by atoms with van der Waals surface area (Å²) in [4.78, 5) is 0. The number of nitrogens with zero attached hydrogens (tertiary/aromatic N) is 1. The summed E-state index contributed by atoms with van der Waals surface area (Å²) >= 11 is 0. The standard InChI is InChI=1S/C5H11N2O2P/c1-2-5(9)4(3-8)7-10-6/h2,4-5,8-9H,1,3H2,(H2,6,7)/t4-,5+/m0/s1. The first kappa shape index (κ1) is 9.72. The predicted octanol–water partition coefficient (Wildman–Crippen LogP) is -0.102. The molecule has 0 spiro atoms. The van der Waals surface area contributed by atoms with Gasteiger partial charge in [0.15, 0.2) is 0 Å². The minimum Gasteiger partial charge on any atom is -0.394 e. The lowest BCUT2D eigenvalue weighted by Crippen LogP contribution is -2.24. The van der Waals surface area contributed by atoms with E-state index in [0.29, 0.717) is 8.52 Å². The van der Waals surface area contributed by atoms with E-state index in [1.54, 1.807) is 0 Å². The summed E-state index contributed by atoms with van der Waals surface area (Å²) in [6.07, 6.45) is 0.510. The Balaban J connectivity index is 3.91. The first-order valence-corrected chi connectivity index (χ1v) is 3.69. The molecule has 0 aromatic rings. The summed E-state index contributed by atoms with van der Waals surface area (Å²) in [6.45, 7) is 3.14. The molecule has 5 heteroatoms. The van der Waals surface area contributed by atoms with E-state index < -0.39 is 12.1 Å². The average Bonchev–Trinajstić information content (AvgIpc) is 1.99. The van der Waals surface area contributed by atoms with E-state index in [1.165, 1.54) is 6.08 Å². The van der Waals surface area contributed by atoms with Crippen LogP contribution in [0.15, 0.2) is 17.4 Å². The van der Waals surface area contributed by atoms with Crippen LogP contribution in [0.3, 0.4) is 0 Å². The summed E-state index contributed by atoms with van der Waals surface area (Å²) < 4.78 is 3.69. The van der Waals surface area contributed by atoms with Crippen LogP contribution in [0.1, 0.15) is 0 Å². The van der Waals surface area contributed by atoms with E-state index in [1.807, 2.05) is 0 Å². The Morgan fingerprint density at radius 3 is 2.70 bits per heavy atom. The molecule has 0 aromatic heterocycles. The Labute approximate surface area is 61.3 Å². The third kappa shape index (κ3) is 3.03. The molecule has 10 heavy (non-hydrogen) atoms. The summed E-state index contributed by atoms with van der Waals surface area (Å²) in [7, 11) is 0.317. The summed E-state index contributed by atoms with van der Waals surface area (Å²) in [5.41, 5.74) is 5.05. The highest BCUT2D eigenvalue weighted by atomic mass is 31.1. The molecular formula is C5H11N2O2P. The second-order valence-corrected chi connectivity index (χ2v) is 2.17. The van der Waals surface area contributed by atoms with Crippen molar-refractivity contribution in [2.75, 3.05) is 6.61 Å². The molecule has 0 saturated heterocycles. The number of nitrogens with two attached hydrogens (primary N) is 1. The van der Waals surface area contributed by atoms with Gasteiger partial charge >= 0.3 is 0 Å². The lowest BCUT2D eigenvalue weighted by Gasteiger charge is -2.10.